The summed E-state index contributed by atoms with van der Waals surface area (Å²) in [4.78, 5) is 36.0. The maximum atomic E-state index is 14.6. The van der Waals surface area contributed by atoms with Gasteiger partial charge in [0.15, 0.2) is 12.5 Å². The fourth-order valence-corrected chi connectivity index (χ4v) is 5.88. The fourth-order valence-electron chi connectivity index (χ4n) is 5.62. The Morgan fingerprint density at radius 2 is 1.57 bits per heavy atom. The molecule has 0 radical (unpaired) electrons. The van der Waals surface area contributed by atoms with Gasteiger partial charge in [-0.05, 0) is 60.5 Å². The van der Waals surface area contributed by atoms with Gasteiger partial charge in [-0.25, -0.2) is 4.79 Å². The molecule has 0 aromatic heterocycles. The zero-order valence-corrected chi connectivity index (χ0v) is 27.2. The summed E-state index contributed by atoms with van der Waals surface area (Å²) in [7, 11) is 1.44. The number of aldehydes is 1. The van der Waals surface area contributed by atoms with Crippen LogP contribution in [0.15, 0.2) is 71.7 Å². The second-order valence-corrected chi connectivity index (χ2v) is 11.4. The topological polar surface area (TPSA) is 74.7 Å². The molecular formula is C32H32Cl3F3N4O4. The van der Waals surface area contributed by atoms with E-state index in [-0.39, 0.29) is 49.3 Å². The van der Waals surface area contributed by atoms with E-state index < -0.39 is 36.1 Å². The number of urea groups is 1. The highest BCUT2D eigenvalue weighted by atomic mass is 35.5. The molecule has 3 aromatic rings. The van der Waals surface area contributed by atoms with Crippen LogP contribution in [0.25, 0.3) is 0 Å². The lowest BCUT2D eigenvalue weighted by molar-refractivity contribution is -0.137. The van der Waals surface area contributed by atoms with E-state index in [1.165, 1.54) is 18.1 Å². The monoisotopic (exact) mass is 698 g/mol. The Labute approximate surface area is 281 Å². The molecule has 5 rings (SSSR count). The molecule has 3 aromatic carbocycles. The van der Waals surface area contributed by atoms with Crippen molar-refractivity contribution >= 4 is 53.8 Å². The third-order valence-electron chi connectivity index (χ3n) is 7.85. The summed E-state index contributed by atoms with van der Waals surface area (Å²) in [5.74, 6) is 0.122. The Balaban J connectivity index is 0.00000480. The van der Waals surface area contributed by atoms with Gasteiger partial charge in [0.25, 0.3) is 0 Å². The summed E-state index contributed by atoms with van der Waals surface area (Å²) >= 11 is 12.4. The number of carbonyl (C=O) groups is 2. The lowest BCUT2D eigenvalue weighted by Gasteiger charge is -2.40. The third-order valence-corrected chi connectivity index (χ3v) is 8.35. The SMILES string of the molecule is CCOc1cc(C(F)(F)F)ccc1C1=NC(c2ccc(Cl)cc2)C(c2ccc(Cl)cc2)N1C(=O)N1CCN(C(C=O)OC)CC1.Cl. The van der Waals surface area contributed by atoms with Crippen LogP contribution in [0.1, 0.15) is 41.3 Å². The van der Waals surface area contributed by atoms with E-state index in [9.17, 15) is 22.8 Å². The van der Waals surface area contributed by atoms with Crippen LogP contribution >= 0.6 is 35.6 Å². The third kappa shape index (κ3) is 7.44. The number of hydrogen-bond acceptors (Lipinski definition) is 6. The molecule has 2 aliphatic rings. The molecule has 0 N–H and O–H groups in total. The van der Waals surface area contributed by atoms with Gasteiger partial charge in [0.2, 0.25) is 0 Å². The van der Waals surface area contributed by atoms with Gasteiger partial charge in [0.1, 0.15) is 17.6 Å². The number of hydrogen-bond donors (Lipinski definition) is 0. The number of carbonyl (C=O) groups excluding carboxylic acids is 2. The normalized spacial score (nSPS) is 19.3. The maximum Gasteiger partial charge on any atom is 0.416 e. The van der Waals surface area contributed by atoms with Crippen LogP contribution in [0, 0.1) is 0 Å². The number of halogens is 6. The van der Waals surface area contributed by atoms with Crippen molar-refractivity contribution in [1.82, 2.24) is 14.7 Å². The Bertz CT molecular complexity index is 1550. The summed E-state index contributed by atoms with van der Waals surface area (Å²) in [6, 6.07) is 15.5. The molecule has 14 heteroatoms. The number of rotatable bonds is 8. The fraction of sp³-hybridized carbons (Fsp3) is 0.344. The largest absolute Gasteiger partial charge is 0.493 e. The number of methoxy groups -OCH3 is 1. The number of ether oxygens (including phenoxy) is 2. The second kappa shape index (κ2) is 15.0. The molecule has 0 bridgehead atoms. The van der Waals surface area contributed by atoms with Crippen LogP contribution in [0.4, 0.5) is 18.0 Å². The summed E-state index contributed by atoms with van der Waals surface area (Å²) in [5.41, 5.74) is 0.826. The minimum Gasteiger partial charge on any atom is -0.493 e. The molecular weight excluding hydrogens is 668 g/mol. The van der Waals surface area contributed by atoms with E-state index in [1.807, 2.05) is 17.0 Å². The average molecular weight is 700 g/mol. The van der Waals surface area contributed by atoms with Crippen LogP contribution in [0.5, 0.6) is 5.75 Å². The van der Waals surface area contributed by atoms with Gasteiger partial charge < -0.3 is 14.4 Å². The van der Waals surface area contributed by atoms with Crippen molar-refractivity contribution in [2.24, 2.45) is 4.99 Å². The van der Waals surface area contributed by atoms with E-state index in [0.29, 0.717) is 29.4 Å². The van der Waals surface area contributed by atoms with Crippen LogP contribution in [0.3, 0.4) is 0 Å². The number of amidine groups is 1. The number of nitrogens with zero attached hydrogens (tertiary/aromatic N) is 4. The minimum atomic E-state index is -4.60. The van der Waals surface area contributed by atoms with Gasteiger partial charge in [-0.1, -0.05) is 47.5 Å². The zero-order chi connectivity index (χ0) is 32.3. The average Bonchev–Trinajstić information content (AvgIpc) is 3.42. The van der Waals surface area contributed by atoms with Gasteiger partial charge in [-0.2, -0.15) is 13.2 Å². The number of piperazine rings is 1. The van der Waals surface area contributed by atoms with Gasteiger partial charge in [0.05, 0.1) is 23.8 Å². The number of alkyl halides is 3. The molecule has 1 saturated heterocycles. The lowest BCUT2D eigenvalue weighted by atomic mass is 9.93. The molecule has 46 heavy (non-hydrogen) atoms. The molecule has 0 spiro atoms. The van der Waals surface area contributed by atoms with Crippen molar-refractivity contribution < 1.29 is 32.2 Å². The smallest absolute Gasteiger partial charge is 0.416 e. The molecule has 0 aliphatic carbocycles. The molecule has 3 unspecified atom stereocenters. The Morgan fingerprint density at radius 3 is 2.09 bits per heavy atom. The molecule has 2 heterocycles. The van der Waals surface area contributed by atoms with E-state index in [2.05, 4.69) is 0 Å². The highest BCUT2D eigenvalue weighted by Gasteiger charge is 2.45. The first-order valence-electron chi connectivity index (χ1n) is 14.3. The second-order valence-electron chi connectivity index (χ2n) is 10.5. The van der Waals surface area contributed by atoms with Gasteiger partial charge in [-0.15, -0.1) is 12.4 Å². The van der Waals surface area contributed by atoms with Gasteiger partial charge in [-0.3, -0.25) is 19.6 Å². The molecule has 0 saturated carbocycles. The summed E-state index contributed by atoms with van der Waals surface area (Å²) in [5, 5.41) is 1.01. The first-order chi connectivity index (χ1) is 21.5. The molecule has 8 nitrogen and oxygen atoms in total. The van der Waals surface area contributed by atoms with E-state index >= 15 is 0 Å². The van der Waals surface area contributed by atoms with Gasteiger partial charge >= 0.3 is 12.2 Å². The van der Waals surface area contributed by atoms with Crippen molar-refractivity contribution in [2.45, 2.75) is 31.4 Å². The Morgan fingerprint density at radius 1 is 0.978 bits per heavy atom. The van der Waals surface area contributed by atoms with Crippen LogP contribution < -0.4 is 4.74 Å². The zero-order valence-electron chi connectivity index (χ0n) is 24.9. The van der Waals surface area contributed by atoms with Crippen molar-refractivity contribution in [3.8, 4) is 5.75 Å². The number of aliphatic imine (C=N–C) groups is 1. The molecule has 246 valence electrons. The van der Waals surface area contributed by atoms with E-state index in [1.54, 1.807) is 48.2 Å². The van der Waals surface area contributed by atoms with Crippen molar-refractivity contribution in [1.29, 1.82) is 0 Å². The first kappa shape index (κ1) is 35.5. The Hall–Kier alpha value is -3.35. The summed E-state index contributed by atoms with van der Waals surface area (Å²) in [6.07, 6.45) is -4.63. The van der Waals surface area contributed by atoms with Crippen molar-refractivity contribution in [3.63, 3.8) is 0 Å². The standard InChI is InChI=1S/C32H31Cl2F3N4O4.ClH/c1-3-45-26-18-22(32(35,36)37)8-13-25(26)30-38-28(20-4-9-23(33)10-5-20)29(21-6-11-24(34)12-7-21)41(30)31(43)40-16-14-39(15-17-40)27(19-42)44-2;/h4-13,18-19,27-29H,3,14-17H2,1-2H3;1H. The first-order valence-corrected chi connectivity index (χ1v) is 15.0. The molecule has 3 atom stereocenters. The maximum absolute atomic E-state index is 14.6. The molecule has 2 aliphatic heterocycles. The predicted molar refractivity (Wildman–Crippen MR) is 172 cm³/mol. The van der Waals surface area contributed by atoms with Gasteiger partial charge in [0, 0.05) is 43.3 Å². The molecule has 1 fully saturated rings. The van der Waals surface area contributed by atoms with E-state index in [4.69, 9.17) is 37.7 Å². The Kier molecular flexibility index (Phi) is 11.6. The number of benzene rings is 3. The van der Waals surface area contributed by atoms with Crippen molar-refractivity contribution in [3.05, 3.63) is 99.0 Å². The highest BCUT2D eigenvalue weighted by molar-refractivity contribution is 6.30. The lowest BCUT2D eigenvalue weighted by Crippen LogP contribution is -2.56. The van der Waals surface area contributed by atoms with Crippen LogP contribution in [0.2, 0.25) is 10.0 Å². The predicted octanol–water partition coefficient (Wildman–Crippen LogP) is 7.29. The minimum absolute atomic E-state index is 0. The van der Waals surface area contributed by atoms with Crippen LogP contribution in [-0.4, -0.2) is 79.0 Å². The quantitative estimate of drug-likeness (QED) is 0.231. The number of amides is 2. The highest BCUT2D eigenvalue weighted by Crippen LogP contribution is 2.46. The van der Waals surface area contributed by atoms with E-state index in [0.717, 1.165) is 23.3 Å². The molecule has 2 amide bonds. The van der Waals surface area contributed by atoms with Crippen LogP contribution in [-0.2, 0) is 15.7 Å². The summed E-state index contributed by atoms with van der Waals surface area (Å²) in [6.45, 7) is 3.07. The summed E-state index contributed by atoms with van der Waals surface area (Å²) < 4.78 is 52.1. The van der Waals surface area contributed by atoms with Crippen molar-refractivity contribution in [2.75, 3.05) is 39.9 Å².